The lowest BCUT2D eigenvalue weighted by Crippen LogP contribution is -2.36. The van der Waals surface area contributed by atoms with Crippen molar-refractivity contribution in [1.82, 2.24) is 19.9 Å². The van der Waals surface area contributed by atoms with E-state index in [1.165, 1.54) is 18.3 Å². The van der Waals surface area contributed by atoms with Crippen LogP contribution >= 0.6 is 11.3 Å². The summed E-state index contributed by atoms with van der Waals surface area (Å²) in [4.78, 5) is 29.8. The summed E-state index contributed by atoms with van der Waals surface area (Å²) in [5.74, 6) is 1.40. The second-order valence-corrected chi connectivity index (χ2v) is 8.50. The second kappa shape index (κ2) is 9.02. The topological polar surface area (TPSA) is 92.7 Å². The summed E-state index contributed by atoms with van der Waals surface area (Å²) in [6.07, 6.45) is 4.42. The Kier molecular flexibility index (Phi) is 6.22. The molecule has 29 heavy (non-hydrogen) atoms. The van der Waals surface area contributed by atoms with Crippen LogP contribution in [0.2, 0.25) is 0 Å². The molecule has 2 fully saturated rings. The minimum absolute atomic E-state index is 0.0835. The van der Waals surface area contributed by atoms with E-state index in [1.807, 2.05) is 12.3 Å². The number of ether oxygens (including phenoxy) is 2. The first-order chi connectivity index (χ1) is 14.1. The summed E-state index contributed by atoms with van der Waals surface area (Å²) in [7, 11) is 0. The molecule has 2 atom stereocenters. The molecule has 2 aliphatic rings. The van der Waals surface area contributed by atoms with Crippen LogP contribution in [0.4, 0.5) is 10.9 Å². The van der Waals surface area contributed by atoms with Gasteiger partial charge in [-0.3, -0.25) is 9.69 Å². The van der Waals surface area contributed by atoms with E-state index in [4.69, 9.17) is 9.47 Å². The summed E-state index contributed by atoms with van der Waals surface area (Å²) in [6, 6.07) is 2.31. The van der Waals surface area contributed by atoms with Crippen molar-refractivity contribution in [1.29, 1.82) is 0 Å². The van der Waals surface area contributed by atoms with E-state index >= 15 is 0 Å². The fourth-order valence-electron chi connectivity index (χ4n) is 3.67. The zero-order valence-electron chi connectivity index (χ0n) is 16.7. The molecule has 4 rings (SSSR count). The van der Waals surface area contributed by atoms with E-state index in [1.54, 1.807) is 6.33 Å². The predicted molar refractivity (Wildman–Crippen MR) is 110 cm³/mol. The molecule has 2 aromatic heterocycles. The fraction of sp³-hybridized carbons (Fsp3) is 0.579. The molecule has 156 valence electrons. The Balaban J connectivity index is 1.34. The molecule has 2 aliphatic heterocycles. The Morgan fingerprint density at radius 1 is 1.34 bits per heavy atom. The molecule has 4 heterocycles. The molecule has 0 bridgehead atoms. The van der Waals surface area contributed by atoms with Crippen LogP contribution in [0.1, 0.15) is 25.1 Å². The average Bonchev–Trinajstić information content (AvgIpc) is 3.28. The second-order valence-electron chi connectivity index (χ2n) is 7.38. The zero-order valence-corrected chi connectivity index (χ0v) is 17.5. The third kappa shape index (κ3) is 5.20. The summed E-state index contributed by atoms with van der Waals surface area (Å²) in [6.45, 7) is 8.42. The van der Waals surface area contributed by atoms with Gasteiger partial charge in [-0.05, 0) is 6.92 Å². The molecule has 1 amide bonds. The summed E-state index contributed by atoms with van der Waals surface area (Å²) in [5.41, 5.74) is 0. The molecular weight excluding hydrogens is 392 g/mol. The number of rotatable bonds is 6. The molecule has 10 heteroatoms. The molecule has 0 radical (unpaired) electrons. The highest BCUT2D eigenvalue weighted by Gasteiger charge is 2.31. The number of nitrogens with zero attached hydrogens (tertiary/aromatic N) is 5. The molecule has 0 spiro atoms. The maximum Gasteiger partial charge on any atom is 0.223 e. The largest absolute Gasteiger partial charge is 0.473 e. The Bertz CT molecular complexity index is 841. The van der Waals surface area contributed by atoms with E-state index in [9.17, 15) is 4.79 Å². The normalized spacial score (nSPS) is 22.6. The summed E-state index contributed by atoms with van der Waals surface area (Å²) >= 11 is 1.51. The van der Waals surface area contributed by atoms with Crippen molar-refractivity contribution >= 4 is 28.2 Å². The smallest absolute Gasteiger partial charge is 0.223 e. The van der Waals surface area contributed by atoms with Crippen LogP contribution in [-0.4, -0.2) is 70.8 Å². The quantitative estimate of drug-likeness (QED) is 0.759. The van der Waals surface area contributed by atoms with Crippen molar-refractivity contribution in [3.63, 3.8) is 0 Å². The van der Waals surface area contributed by atoms with Gasteiger partial charge in [0.1, 0.15) is 18.2 Å². The zero-order chi connectivity index (χ0) is 20.2. The van der Waals surface area contributed by atoms with E-state index in [-0.39, 0.29) is 12.0 Å². The summed E-state index contributed by atoms with van der Waals surface area (Å²) < 4.78 is 11.6. The van der Waals surface area contributed by atoms with E-state index in [0.717, 1.165) is 56.5 Å². The highest BCUT2D eigenvalue weighted by molar-refractivity contribution is 7.15. The Morgan fingerprint density at radius 2 is 2.17 bits per heavy atom. The van der Waals surface area contributed by atoms with Crippen molar-refractivity contribution in [3.8, 4) is 5.88 Å². The lowest BCUT2D eigenvalue weighted by Gasteiger charge is -2.27. The van der Waals surface area contributed by atoms with Gasteiger partial charge in [0.15, 0.2) is 5.13 Å². The van der Waals surface area contributed by atoms with Crippen LogP contribution in [0.5, 0.6) is 5.88 Å². The lowest BCUT2D eigenvalue weighted by molar-refractivity contribution is -0.114. The fourth-order valence-corrected chi connectivity index (χ4v) is 4.56. The van der Waals surface area contributed by atoms with Gasteiger partial charge >= 0.3 is 0 Å². The minimum Gasteiger partial charge on any atom is -0.473 e. The lowest BCUT2D eigenvalue weighted by atomic mass is 10.2. The SMILES string of the molecule is CC(=O)Nc1ncc(CN2C[C@H](Oc3cc(N4CCOCC4)ncn3)C[C@@H]2C)s1. The van der Waals surface area contributed by atoms with Crippen molar-refractivity contribution in [2.24, 2.45) is 0 Å². The van der Waals surface area contributed by atoms with E-state index in [2.05, 4.69) is 37.0 Å². The Hall–Kier alpha value is -2.30. The van der Waals surface area contributed by atoms with Crippen LogP contribution in [0.3, 0.4) is 0 Å². The number of carbonyl (C=O) groups excluding carboxylic acids is 1. The molecule has 0 aliphatic carbocycles. The first kappa shape index (κ1) is 20.0. The van der Waals surface area contributed by atoms with Crippen molar-refractivity contribution in [2.45, 2.75) is 39.0 Å². The molecule has 0 unspecified atom stereocenters. The number of likely N-dealkylation sites (tertiary alicyclic amines) is 1. The van der Waals surface area contributed by atoms with Gasteiger partial charge in [-0.25, -0.2) is 15.0 Å². The van der Waals surface area contributed by atoms with Crippen molar-refractivity contribution in [3.05, 3.63) is 23.5 Å². The van der Waals surface area contributed by atoms with Gasteiger partial charge in [-0.1, -0.05) is 0 Å². The molecular formula is C19H26N6O3S. The van der Waals surface area contributed by atoms with Gasteiger partial charge in [0.05, 0.1) is 13.2 Å². The van der Waals surface area contributed by atoms with Gasteiger partial charge in [0.2, 0.25) is 11.8 Å². The van der Waals surface area contributed by atoms with Crippen LogP contribution in [0.15, 0.2) is 18.6 Å². The third-order valence-corrected chi connectivity index (χ3v) is 6.01. The number of morpholine rings is 1. The number of carbonyl (C=O) groups is 1. The number of hydrogen-bond donors (Lipinski definition) is 1. The van der Waals surface area contributed by atoms with Gasteiger partial charge < -0.3 is 19.7 Å². The molecule has 2 saturated heterocycles. The Labute approximate surface area is 174 Å². The third-order valence-electron chi connectivity index (χ3n) is 5.11. The maximum absolute atomic E-state index is 11.2. The van der Waals surface area contributed by atoms with Crippen molar-refractivity contribution < 1.29 is 14.3 Å². The monoisotopic (exact) mass is 418 g/mol. The average molecular weight is 419 g/mol. The highest BCUT2D eigenvalue weighted by atomic mass is 32.1. The van der Waals surface area contributed by atoms with Crippen LogP contribution < -0.4 is 15.0 Å². The van der Waals surface area contributed by atoms with Gasteiger partial charge in [0, 0.05) is 62.7 Å². The number of nitrogens with one attached hydrogen (secondary N) is 1. The first-order valence-corrected chi connectivity index (χ1v) is 10.7. The highest BCUT2D eigenvalue weighted by Crippen LogP contribution is 2.27. The van der Waals surface area contributed by atoms with Gasteiger partial charge in [0.25, 0.3) is 0 Å². The van der Waals surface area contributed by atoms with Gasteiger partial charge in [-0.2, -0.15) is 0 Å². The predicted octanol–water partition coefficient (Wildman–Crippen LogP) is 1.77. The van der Waals surface area contributed by atoms with Crippen LogP contribution in [-0.2, 0) is 16.1 Å². The number of anilines is 2. The number of hydrogen-bond acceptors (Lipinski definition) is 9. The minimum atomic E-state index is -0.102. The Morgan fingerprint density at radius 3 is 2.97 bits per heavy atom. The molecule has 9 nitrogen and oxygen atoms in total. The number of aromatic nitrogens is 3. The van der Waals surface area contributed by atoms with E-state index < -0.39 is 0 Å². The number of thiazole rings is 1. The van der Waals surface area contributed by atoms with Gasteiger partial charge in [-0.15, -0.1) is 11.3 Å². The van der Waals surface area contributed by atoms with E-state index in [0.29, 0.717) is 17.1 Å². The van der Waals surface area contributed by atoms with Crippen molar-refractivity contribution in [2.75, 3.05) is 43.1 Å². The molecule has 0 saturated carbocycles. The summed E-state index contributed by atoms with van der Waals surface area (Å²) in [5, 5.41) is 3.38. The first-order valence-electron chi connectivity index (χ1n) is 9.84. The van der Waals surface area contributed by atoms with Crippen LogP contribution in [0, 0.1) is 0 Å². The number of amides is 1. The molecule has 2 aromatic rings. The van der Waals surface area contributed by atoms with Crippen LogP contribution in [0.25, 0.3) is 0 Å². The molecule has 1 N–H and O–H groups in total. The maximum atomic E-state index is 11.2. The molecule has 0 aromatic carbocycles. The standard InChI is InChI=1S/C19H26N6O3S/c1-13-7-15(10-25(13)11-16-9-20-19(29-16)23-14(2)26)28-18-8-17(21-12-22-18)24-3-5-27-6-4-24/h8-9,12-13,15H,3-7,10-11H2,1-2H3,(H,20,23,26)/t13-,15+/m0/s1.